The van der Waals surface area contributed by atoms with Crippen molar-refractivity contribution in [2.75, 3.05) is 19.6 Å². The Kier molecular flexibility index (Phi) is 2.84. The summed E-state index contributed by atoms with van der Waals surface area (Å²) in [5.41, 5.74) is 1.26. The first-order chi connectivity index (χ1) is 6.75. The lowest BCUT2D eigenvalue weighted by Crippen LogP contribution is -2.25. The fraction of sp³-hybridized carbons (Fsp3) is 0.700. The van der Waals surface area contributed by atoms with Crippen LogP contribution < -0.4 is 0 Å². The van der Waals surface area contributed by atoms with E-state index in [9.17, 15) is 5.11 Å². The minimum absolute atomic E-state index is 0.110. The summed E-state index contributed by atoms with van der Waals surface area (Å²) in [5, 5.41) is 13.5. The van der Waals surface area contributed by atoms with Crippen molar-refractivity contribution in [2.24, 2.45) is 7.05 Å². The normalized spacial score (nSPS) is 23.1. The molecule has 0 spiro atoms. The molecule has 0 unspecified atom stereocenters. The zero-order valence-electron chi connectivity index (χ0n) is 8.56. The van der Waals surface area contributed by atoms with Crippen molar-refractivity contribution in [2.45, 2.75) is 18.9 Å². The van der Waals surface area contributed by atoms with Gasteiger partial charge in [-0.15, -0.1) is 0 Å². The lowest BCUT2D eigenvalue weighted by molar-refractivity contribution is 0.176. The van der Waals surface area contributed by atoms with Gasteiger partial charge in [-0.05, 0) is 12.5 Å². The maximum absolute atomic E-state index is 9.35. The molecule has 1 aromatic heterocycles. The van der Waals surface area contributed by atoms with Crippen molar-refractivity contribution in [3.05, 3.63) is 18.0 Å². The molecule has 1 aliphatic rings. The monoisotopic (exact) mass is 195 g/mol. The molecule has 1 saturated heterocycles. The Morgan fingerprint density at radius 1 is 1.64 bits per heavy atom. The van der Waals surface area contributed by atoms with Gasteiger partial charge in [-0.3, -0.25) is 4.68 Å². The van der Waals surface area contributed by atoms with E-state index >= 15 is 0 Å². The average Bonchev–Trinajstić information content (AvgIpc) is 2.72. The van der Waals surface area contributed by atoms with Crippen molar-refractivity contribution < 1.29 is 5.11 Å². The van der Waals surface area contributed by atoms with Crippen molar-refractivity contribution in [1.29, 1.82) is 0 Å². The molecule has 2 rings (SSSR count). The van der Waals surface area contributed by atoms with E-state index in [2.05, 4.69) is 10.00 Å². The first kappa shape index (κ1) is 9.68. The van der Waals surface area contributed by atoms with Crippen LogP contribution in [0.1, 0.15) is 12.1 Å². The SMILES string of the molecule is Cn1nccc1CCN1CC[C@@H](O)C1. The van der Waals surface area contributed by atoms with Crippen LogP contribution in [0.5, 0.6) is 0 Å². The highest BCUT2D eigenvalue weighted by molar-refractivity contribution is 5.00. The van der Waals surface area contributed by atoms with Crippen LogP contribution in [0.3, 0.4) is 0 Å². The molecule has 0 aliphatic carbocycles. The summed E-state index contributed by atoms with van der Waals surface area (Å²) in [7, 11) is 1.97. The molecule has 78 valence electrons. The molecule has 0 bridgehead atoms. The third kappa shape index (κ3) is 2.13. The fourth-order valence-corrected chi connectivity index (χ4v) is 1.93. The summed E-state index contributed by atoms with van der Waals surface area (Å²) in [6.45, 7) is 2.88. The van der Waals surface area contributed by atoms with Gasteiger partial charge in [0, 0.05) is 45.0 Å². The van der Waals surface area contributed by atoms with Crippen molar-refractivity contribution in [1.82, 2.24) is 14.7 Å². The number of hydrogen-bond acceptors (Lipinski definition) is 3. The van der Waals surface area contributed by atoms with Gasteiger partial charge in [-0.2, -0.15) is 5.10 Å². The van der Waals surface area contributed by atoms with Gasteiger partial charge in [0.15, 0.2) is 0 Å². The van der Waals surface area contributed by atoms with Crippen LogP contribution in [0.25, 0.3) is 0 Å². The Bertz CT molecular complexity index is 297. The van der Waals surface area contributed by atoms with Gasteiger partial charge in [-0.25, -0.2) is 0 Å². The summed E-state index contributed by atoms with van der Waals surface area (Å²) in [6, 6.07) is 2.05. The number of likely N-dealkylation sites (tertiary alicyclic amines) is 1. The van der Waals surface area contributed by atoms with Gasteiger partial charge < -0.3 is 10.0 Å². The van der Waals surface area contributed by atoms with Crippen LogP contribution in [0, 0.1) is 0 Å². The van der Waals surface area contributed by atoms with Gasteiger partial charge in [0.2, 0.25) is 0 Å². The predicted molar refractivity (Wildman–Crippen MR) is 54.0 cm³/mol. The van der Waals surface area contributed by atoms with E-state index in [0.29, 0.717) is 0 Å². The Labute approximate surface area is 84.1 Å². The molecule has 14 heavy (non-hydrogen) atoms. The Balaban J connectivity index is 1.80. The highest BCUT2D eigenvalue weighted by atomic mass is 16.3. The maximum Gasteiger partial charge on any atom is 0.0679 e. The summed E-state index contributed by atoms with van der Waals surface area (Å²) in [5.74, 6) is 0. The second-order valence-electron chi connectivity index (χ2n) is 3.94. The van der Waals surface area contributed by atoms with Crippen molar-refractivity contribution in [3.8, 4) is 0 Å². The van der Waals surface area contributed by atoms with E-state index in [1.165, 1.54) is 5.69 Å². The minimum Gasteiger partial charge on any atom is -0.392 e. The largest absolute Gasteiger partial charge is 0.392 e. The van der Waals surface area contributed by atoms with E-state index in [4.69, 9.17) is 0 Å². The van der Waals surface area contributed by atoms with Gasteiger partial charge in [0.25, 0.3) is 0 Å². The molecule has 0 radical (unpaired) electrons. The molecule has 2 heterocycles. The first-order valence-corrected chi connectivity index (χ1v) is 5.13. The second kappa shape index (κ2) is 4.11. The number of nitrogens with zero attached hydrogens (tertiary/aromatic N) is 3. The van der Waals surface area contributed by atoms with Crippen LogP contribution in [0.15, 0.2) is 12.3 Å². The van der Waals surface area contributed by atoms with E-state index in [1.54, 1.807) is 0 Å². The number of rotatable bonds is 3. The smallest absolute Gasteiger partial charge is 0.0679 e. The number of aliphatic hydroxyl groups excluding tert-OH is 1. The van der Waals surface area contributed by atoms with Crippen LogP contribution in [0.2, 0.25) is 0 Å². The fourth-order valence-electron chi connectivity index (χ4n) is 1.93. The van der Waals surface area contributed by atoms with E-state index in [1.807, 2.05) is 24.0 Å². The van der Waals surface area contributed by atoms with Crippen LogP contribution in [0.4, 0.5) is 0 Å². The lowest BCUT2D eigenvalue weighted by Gasteiger charge is -2.14. The van der Waals surface area contributed by atoms with Gasteiger partial charge >= 0.3 is 0 Å². The molecule has 1 aromatic rings. The summed E-state index contributed by atoms with van der Waals surface area (Å²) >= 11 is 0. The zero-order chi connectivity index (χ0) is 9.97. The molecule has 4 nitrogen and oxygen atoms in total. The van der Waals surface area contributed by atoms with Crippen molar-refractivity contribution in [3.63, 3.8) is 0 Å². The Morgan fingerprint density at radius 3 is 3.07 bits per heavy atom. The predicted octanol–water partition coefficient (Wildman–Crippen LogP) is 0.0292. The average molecular weight is 195 g/mol. The maximum atomic E-state index is 9.35. The van der Waals surface area contributed by atoms with Crippen LogP contribution in [-0.2, 0) is 13.5 Å². The highest BCUT2D eigenvalue weighted by Crippen LogP contribution is 2.09. The Morgan fingerprint density at radius 2 is 2.50 bits per heavy atom. The molecule has 1 fully saturated rings. The lowest BCUT2D eigenvalue weighted by atomic mass is 10.3. The van der Waals surface area contributed by atoms with Crippen molar-refractivity contribution >= 4 is 0 Å². The topological polar surface area (TPSA) is 41.3 Å². The number of hydrogen-bond donors (Lipinski definition) is 1. The van der Waals surface area contributed by atoms with Gasteiger partial charge in [0.1, 0.15) is 0 Å². The van der Waals surface area contributed by atoms with Crippen LogP contribution >= 0.6 is 0 Å². The number of aromatic nitrogens is 2. The standard InChI is InChI=1S/C10H17N3O/c1-12-9(2-5-11-12)3-6-13-7-4-10(14)8-13/h2,5,10,14H,3-4,6-8H2,1H3/t10-/m1/s1. The molecular formula is C10H17N3O. The third-order valence-corrected chi connectivity index (χ3v) is 2.85. The molecular weight excluding hydrogens is 178 g/mol. The first-order valence-electron chi connectivity index (χ1n) is 5.13. The van der Waals surface area contributed by atoms with Crippen LogP contribution in [-0.4, -0.2) is 45.5 Å². The molecule has 1 aliphatic heterocycles. The second-order valence-corrected chi connectivity index (χ2v) is 3.94. The van der Waals surface area contributed by atoms with Gasteiger partial charge in [-0.1, -0.05) is 0 Å². The van der Waals surface area contributed by atoms with E-state index in [-0.39, 0.29) is 6.10 Å². The van der Waals surface area contributed by atoms with Gasteiger partial charge in [0.05, 0.1) is 6.10 Å². The van der Waals surface area contributed by atoms with E-state index < -0.39 is 0 Å². The zero-order valence-corrected chi connectivity index (χ0v) is 8.56. The molecule has 0 saturated carbocycles. The summed E-state index contributed by atoms with van der Waals surface area (Å²) < 4.78 is 1.91. The molecule has 1 N–H and O–H groups in total. The summed E-state index contributed by atoms with van der Waals surface area (Å²) in [4.78, 5) is 2.30. The third-order valence-electron chi connectivity index (χ3n) is 2.85. The summed E-state index contributed by atoms with van der Waals surface area (Å²) in [6.07, 6.45) is 3.66. The molecule has 0 aromatic carbocycles. The highest BCUT2D eigenvalue weighted by Gasteiger charge is 2.19. The molecule has 4 heteroatoms. The number of β-amino-alcohol motifs (C(OH)–C–C–N with tert-alkyl or cyclic N) is 1. The quantitative estimate of drug-likeness (QED) is 0.740. The number of aliphatic hydroxyl groups is 1. The Hall–Kier alpha value is -0.870. The number of aryl methyl sites for hydroxylation is 1. The van der Waals surface area contributed by atoms with E-state index in [0.717, 1.165) is 32.5 Å². The molecule has 0 amide bonds. The minimum atomic E-state index is -0.110. The molecule has 1 atom stereocenters.